The lowest BCUT2D eigenvalue weighted by Gasteiger charge is -2.30. The van der Waals surface area contributed by atoms with E-state index in [-0.39, 0.29) is 24.2 Å². The fourth-order valence-corrected chi connectivity index (χ4v) is 8.47. The number of carbonyl (C=O) groups excluding carboxylic acids is 4. The van der Waals surface area contributed by atoms with E-state index < -0.39 is 73.8 Å². The normalized spacial score (nSPS) is 12.5. The molecule has 0 saturated heterocycles. The highest BCUT2D eigenvalue weighted by Gasteiger charge is 2.57. The Morgan fingerprint density at radius 2 is 0.723 bits per heavy atom. The van der Waals surface area contributed by atoms with Gasteiger partial charge in [-0.2, -0.15) is 21.6 Å². The van der Waals surface area contributed by atoms with E-state index in [0.717, 1.165) is 22.8 Å². The first-order valence-corrected chi connectivity index (χ1v) is 23.7. The van der Waals surface area contributed by atoms with Gasteiger partial charge in [0.15, 0.2) is 0 Å². The zero-order valence-electron chi connectivity index (χ0n) is 38.8. The van der Waals surface area contributed by atoms with Gasteiger partial charge in [-0.1, -0.05) is 110 Å². The van der Waals surface area contributed by atoms with Crippen LogP contribution in [0.25, 0.3) is 0 Å². The molecule has 0 fully saturated rings. The molecule has 4 rings (SSSR count). The molecule has 0 radical (unpaired) electrons. The summed E-state index contributed by atoms with van der Waals surface area (Å²) in [5.41, 5.74) is -0.332. The van der Waals surface area contributed by atoms with Gasteiger partial charge in [0.2, 0.25) is 5.60 Å². The third-order valence-electron chi connectivity index (χ3n) is 11.4. The predicted octanol–water partition coefficient (Wildman–Crippen LogP) is -2.09. The van der Waals surface area contributed by atoms with Gasteiger partial charge in [0.1, 0.15) is 93.6 Å². The Morgan fingerprint density at radius 3 is 0.923 bits per heavy atom. The van der Waals surface area contributed by atoms with Gasteiger partial charge in [-0.15, -0.1) is 0 Å². The van der Waals surface area contributed by atoms with E-state index in [0.29, 0.717) is 96.3 Å². The summed E-state index contributed by atoms with van der Waals surface area (Å²) in [6.45, 7) is 0.229. The molecule has 0 aliphatic carbocycles. The van der Waals surface area contributed by atoms with Crippen LogP contribution in [0.4, 0.5) is 13.2 Å². The lowest BCUT2D eigenvalue weighted by molar-refractivity contribution is -0.243. The van der Waals surface area contributed by atoms with E-state index in [1.54, 1.807) is 0 Å². The molecule has 1 unspecified atom stereocenters. The van der Waals surface area contributed by atoms with Gasteiger partial charge in [0, 0.05) is 0 Å². The Morgan fingerprint density at radius 1 is 0.477 bits per heavy atom. The van der Waals surface area contributed by atoms with Gasteiger partial charge >= 0.3 is 30.1 Å². The van der Waals surface area contributed by atoms with Crippen molar-refractivity contribution in [3.05, 3.63) is 121 Å². The molecule has 0 amide bonds. The number of hydrogen-bond acceptors (Lipinski definition) is 10. The van der Waals surface area contributed by atoms with Gasteiger partial charge in [0.25, 0.3) is 10.1 Å². The maximum absolute atomic E-state index is 14.7. The number of benzene rings is 4. The molecule has 0 bridgehead atoms. The van der Waals surface area contributed by atoms with Crippen molar-refractivity contribution in [1.82, 2.24) is 0 Å². The molecule has 1 N–H and O–H groups in total. The van der Waals surface area contributed by atoms with Crippen LogP contribution in [0.2, 0.25) is 0 Å². The van der Waals surface area contributed by atoms with E-state index in [4.69, 9.17) is 18.9 Å². The highest BCUT2D eigenvalue weighted by atomic mass is 32.2. The molecular formula is C41H50B9F3O11S. The average Bonchev–Trinajstić information content (AvgIpc) is 3.27. The Bertz CT molecular complexity index is 2520. The first-order chi connectivity index (χ1) is 30.5. The second-order valence-electron chi connectivity index (χ2n) is 15.9. The molecule has 0 aliphatic heterocycles. The van der Waals surface area contributed by atoms with E-state index in [2.05, 4.69) is 0 Å². The molecule has 65 heavy (non-hydrogen) atoms. The Kier molecular flexibility index (Phi) is 17.8. The quantitative estimate of drug-likeness (QED) is 0.0476. The number of rotatable bonds is 19. The summed E-state index contributed by atoms with van der Waals surface area (Å²) in [6, 6.07) is 12.6. The van der Waals surface area contributed by atoms with Crippen LogP contribution in [-0.2, 0) is 71.7 Å². The van der Waals surface area contributed by atoms with Crippen LogP contribution in [0.5, 0.6) is 17.2 Å². The highest BCUT2D eigenvalue weighted by Crippen LogP contribution is 2.37. The molecule has 0 heterocycles. The number of esters is 4. The average molecular weight is 905 g/mol. The largest absolute Gasteiger partial charge is 0.445 e. The van der Waals surface area contributed by atoms with Crippen molar-refractivity contribution in [2.24, 2.45) is 0 Å². The summed E-state index contributed by atoms with van der Waals surface area (Å²) < 4.78 is 100. The molecule has 334 valence electrons. The van der Waals surface area contributed by atoms with Crippen molar-refractivity contribution in [3.8, 4) is 17.2 Å². The minimum atomic E-state index is -5.59. The Hall–Kier alpha value is -4.96. The van der Waals surface area contributed by atoms with Gasteiger partial charge in [-0.05, 0) is 52.4 Å². The molecule has 0 aliphatic rings. The SMILES string of the molecule is BCc1cc(CB)c(OC(=O)c2cc(C(=O)Oc3c(CB)cc(CB)cc3CB)c(C(=O)OC(C)(CS(=O)(=O)O)C(F)(F)F)cc2C(=O)Oc2c(CB)cc(CB)cc2CB)c(CB)c1. The molecule has 0 saturated carbocycles. The Balaban J connectivity index is 2.11. The monoisotopic (exact) mass is 906 g/mol. The lowest BCUT2D eigenvalue weighted by atomic mass is 9.85. The van der Waals surface area contributed by atoms with Gasteiger partial charge in [-0.3, -0.25) is 4.55 Å². The van der Waals surface area contributed by atoms with E-state index >= 15 is 0 Å². The van der Waals surface area contributed by atoms with Crippen LogP contribution >= 0.6 is 0 Å². The summed E-state index contributed by atoms with van der Waals surface area (Å²) in [6.07, 6.45) is -1.11. The topological polar surface area (TPSA) is 160 Å². The molecule has 0 aromatic heterocycles. The standard InChI is InChI=1S/C41H50B9F3O11S/c1-40(41(51,52)53,19-65(58,59)60)64-39(57)32-9-30(37(55)62-34-25(15-47)4-21(11-43)5-26(34)16-48)29(36(54)61-33-23(13-45)2-20(10-42)3-24(33)14-46)8-31(32)38(56)63-35-27(17-49)6-22(12-44)7-28(35)18-50/h2-9H,10-19,42-50H2,1H3,(H,58,59,60). The third kappa shape index (κ3) is 12.3. The molecule has 0 spiro atoms. The lowest BCUT2D eigenvalue weighted by Crippen LogP contribution is -2.51. The van der Waals surface area contributed by atoms with Crippen molar-refractivity contribution < 1.29 is 64.3 Å². The van der Waals surface area contributed by atoms with Crippen molar-refractivity contribution >= 4 is 105 Å². The number of halogens is 3. The van der Waals surface area contributed by atoms with Crippen molar-refractivity contribution in [1.29, 1.82) is 0 Å². The fourth-order valence-electron chi connectivity index (χ4n) is 7.56. The van der Waals surface area contributed by atoms with Crippen molar-refractivity contribution in [2.75, 3.05) is 5.75 Å². The minimum Gasteiger partial charge on any atom is -0.445 e. The number of carbonyl (C=O) groups is 4. The minimum absolute atomic E-state index is 0.113. The maximum Gasteiger partial charge on any atom is 0.429 e. The van der Waals surface area contributed by atoms with Crippen LogP contribution in [0.15, 0.2) is 48.5 Å². The summed E-state index contributed by atoms with van der Waals surface area (Å²) in [5, 5.41) is 0. The predicted molar refractivity (Wildman–Crippen MR) is 267 cm³/mol. The molecule has 1 atom stereocenters. The van der Waals surface area contributed by atoms with Gasteiger partial charge in [0.05, 0.1) is 22.3 Å². The van der Waals surface area contributed by atoms with Crippen LogP contribution in [0.3, 0.4) is 0 Å². The second-order valence-corrected chi connectivity index (χ2v) is 17.3. The first kappa shape index (κ1) is 52.7. The van der Waals surface area contributed by atoms with E-state index in [1.807, 2.05) is 107 Å². The van der Waals surface area contributed by atoms with Crippen LogP contribution in [-0.4, -0.2) is 125 Å². The van der Waals surface area contributed by atoms with Crippen LogP contribution in [0, 0.1) is 0 Å². The van der Waals surface area contributed by atoms with Gasteiger partial charge < -0.3 is 18.9 Å². The van der Waals surface area contributed by atoms with Crippen LogP contribution < -0.4 is 14.2 Å². The zero-order chi connectivity index (χ0) is 48.6. The summed E-state index contributed by atoms with van der Waals surface area (Å²) in [5.74, 6) is -7.31. The summed E-state index contributed by atoms with van der Waals surface area (Å²) in [7, 11) is 11.5. The second kappa shape index (κ2) is 22.0. The maximum atomic E-state index is 14.7. The zero-order valence-corrected chi connectivity index (χ0v) is 39.6. The number of hydrogen-bond donors (Lipinski definition) is 1. The molecule has 11 nitrogen and oxygen atoms in total. The number of alkyl halides is 3. The summed E-state index contributed by atoms with van der Waals surface area (Å²) >= 11 is 0. The molecule has 4 aromatic carbocycles. The summed E-state index contributed by atoms with van der Waals surface area (Å²) in [4.78, 5) is 58.1. The highest BCUT2D eigenvalue weighted by molar-refractivity contribution is 7.85. The van der Waals surface area contributed by atoms with Crippen molar-refractivity contribution in [3.63, 3.8) is 0 Å². The number of ether oxygens (including phenoxy) is 4. The van der Waals surface area contributed by atoms with E-state index in [1.165, 1.54) is 0 Å². The fraction of sp³-hybridized carbons (Fsp3) is 0.317. The van der Waals surface area contributed by atoms with Gasteiger partial charge in [-0.25, -0.2) is 19.2 Å². The van der Waals surface area contributed by atoms with Crippen molar-refractivity contribution in [2.45, 2.75) is 75.6 Å². The molecule has 24 heteroatoms. The third-order valence-corrected chi connectivity index (χ3v) is 12.3. The molecule has 4 aromatic rings. The van der Waals surface area contributed by atoms with Crippen LogP contribution in [0.1, 0.15) is 98.4 Å². The smallest absolute Gasteiger partial charge is 0.429 e. The Labute approximate surface area is 386 Å². The molecular weight excluding hydrogens is 855 g/mol. The first-order valence-electron chi connectivity index (χ1n) is 22.1. The van der Waals surface area contributed by atoms with E-state index in [9.17, 15) is 45.3 Å².